The van der Waals surface area contributed by atoms with Gasteiger partial charge in [0, 0.05) is 17.8 Å². The Morgan fingerprint density at radius 3 is 3.00 bits per heavy atom. The third-order valence-electron chi connectivity index (χ3n) is 3.38. The van der Waals surface area contributed by atoms with Gasteiger partial charge in [0.05, 0.1) is 25.0 Å². The minimum absolute atomic E-state index is 0.200. The molecule has 0 saturated heterocycles. The lowest BCUT2D eigenvalue weighted by Gasteiger charge is -2.17. The largest absolute Gasteiger partial charge is 0.495 e. The zero-order valence-electron chi connectivity index (χ0n) is 11.5. The molecular formula is C15H14ClN3O2. The Kier molecular flexibility index (Phi) is 3.66. The Morgan fingerprint density at radius 1 is 1.38 bits per heavy atom. The van der Waals surface area contributed by atoms with Crippen molar-refractivity contribution in [3.05, 3.63) is 52.8 Å². The van der Waals surface area contributed by atoms with Gasteiger partial charge in [0.15, 0.2) is 0 Å². The summed E-state index contributed by atoms with van der Waals surface area (Å²) in [5, 5.41) is 3.37. The first-order valence-electron chi connectivity index (χ1n) is 6.49. The fourth-order valence-electron chi connectivity index (χ4n) is 2.32. The summed E-state index contributed by atoms with van der Waals surface area (Å²) in [5.41, 5.74) is 2.57. The number of aromatic nitrogens is 1. The zero-order chi connectivity index (χ0) is 14.8. The molecular weight excluding hydrogens is 290 g/mol. The van der Waals surface area contributed by atoms with Crippen LogP contribution in [0.5, 0.6) is 5.75 Å². The molecule has 3 rings (SSSR count). The van der Waals surface area contributed by atoms with E-state index in [9.17, 15) is 4.79 Å². The van der Waals surface area contributed by atoms with Gasteiger partial charge in [-0.05, 0) is 29.8 Å². The summed E-state index contributed by atoms with van der Waals surface area (Å²) in [6.07, 6.45) is 1.74. The molecule has 0 spiro atoms. The summed E-state index contributed by atoms with van der Waals surface area (Å²) in [5.74, 6) is 0.572. The van der Waals surface area contributed by atoms with Crippen LogP contribution in [0.1, 0.15) is 11.3 Å². The van der Waals surface area contributed by atoms with E-state index in [4.69, 9.17) is 16.3 Å². The minimum atomic E-state index is -0.200. The number of hydrogen-bond donors (Lipinski definition) is 1. The van der Waals surface area contributed by atoms with Crippen LogP contribution in [0.2, 0.25) is 5.02 Å². The molecule has 2 aromatic rings. The molecule has 0 saturated carbocycles. The summed E-state index contributed by atoms with van der Waals surface area (Å²) < 4.78 is 5.22. The van der Waals surface area contributed by atoms with Crippen LogP contribution in [0.15, 0.2) is 36.5 Å². The number of halogens is 1. The number of rotatable bonds is 2. The number of pyridine rings is 1. The number of amides is 2. The molecule has 0 bridgehead atoms. The van der Waals surface area contributed by atoms with E-state index in [1.54, 1.807) is 36.4 Å². The van der Waals surface area contributed by atoms with Crippen molar-refractivity contribution in [3.8, 4) is 5.75 Å². The van der Waals surface area contributed by atoms with Crippen LogP contribution in [0.25, 0.3) is 0 Å². The van der Waals surface area contributed by atoms with Crippen molar-refractivity contribution in [2.24, 2.45) is 0 Å². The van der Waals surface area contributed by atoms with Crippen LogP contribution in [-0.4, -0.2) is 23.0 Å². The van der Waals surface area contributed by atoms with Gasteiger partial charge in [-0.15, -0.1) is 0 Å². The van der Waals surface area contributed by atoms with Crippen molar-refractivity contribution in [2.75, 3.05) is 12.4 Å². The topological polar surface area (TPSA) is 54.5 Å². The molecule has 21 heavy (non-hydrogen) atoms. The number of carbonyl (C=O) groups is 1. The van der Waals surface area contributed by atoms with Crippen LogP contribution in [-0.2, 0) is 13.1 Å². The van der Waals surface area contributed by atoms with Crippen molar-refractivity contribution in [2.45, 2.75) is 13.1 Å². The van der Waals surface area contributed by atoms with Gasteiger partial charge < -0.3 is 15.0 Å². The molecule has 1 aromatic heterocycles. The van der Waals surface area contributed by atoms with Crippen LogP contribution < -0.4 is 10.1 Å². The molecule has 2 heterocycles. The highest BCUT2D eigenvalue weighted by Gasteiger charge is 2.24. The first kappa shape index (κ1) is 13.7. The number of carbonyl (C=O) groups excluding carboxylic acids is 1. The van der Waals surface area contributed by atoms with Gasteiger partial charge in [0.1, 0.15) is 5.75 Å². The number of methoxy groups -OCH3 is 1. The lowest BCUT2D eigenvalue weighted by Crippen LogP contribution is -2.30. The highest BCUT2D eigenvalue weighted by molar-refractivity contribution is 6.31. The quantitative estimate of drug-likeness (QED) is 0.926. The van der Waals surface area contributed by atoms with E-state index < -0.39 is 0 Å². The Morgan fingerprint density at radius 2 is 2.24 bits per heavy atom. The lowest BCUT2D eigenvalue weighted by atomic mass is 10.2. The molecule has 0 atom stereocenters. The van der Waals surface area contributed by atoms with Crippen LogP contribution in [0.4, 0.5) is 10.5 Å². The first-order valence-corrected chi connectivity index (χ1v) is 6.87. The van der Waals surface area contributed by atoms with Crippen LogP contribution in [0, 0.1) is 0 Å². The summed E-state index contributed by atoms with van der Waals surface area (Å²) in [4.78, 5) is 18.3. The molecule has 0 unspecified atom stereocenters. The van der Waals surface area contributed by atoms with Crippen LogP contribution >= 0.6 is 11.6 Å². The summed E-state index contributed by atoms with van der Waals surface area (Å²) in [6, 6.07) is 8.76. The summed E-state index contributed by atoms with van der Waals surface area (Å²) >= 11 is 5.96. The number of fused-ring (bicyclic) bond motifs is 1. The smallest absolute Gasteiger partial charge is 0.322 e. The molecule has 1 aromatic carbocycles. The first-order chi connectivity index (χ1) is 10.2. The van der Waals surface area contributed by atoms with Gasteiger partial charge in [-0.2, -0.15) is 0 Å². The Balaban J connectivity index is 1.75. The summed E-state index contributed by atoms with van der Waals surface area (Å²) in [7, 11) is 1.55. The van der Waals surface area contributed by atoms with Gasteiger partial charge in [0.2, 0.25) is 0 Å². The number of urea groups is 1. The molecule has 1 aliphatic heterocycles. The monoisotopic (exact) mass is 303 g/mol. The minimum Gasteiger partial charge on any atom is -0.495 e. The highest BCUT2D eigenvalue weighted by Crippen LogP contribution is 2.29. The van der Waals surface area contributed by atoms with Gasteiger partial charge in [-0.1, -0.05) is 17.7 Å². The second kappa shape index (κ2) is 5.61. The van der Waals surface area contributed by atoms with E-state index in [0.717, 1.165) is 11.3 Å². The second-order valence-corrected chi connectivity index (χ2v) is 5.18. The maximum atomic E-state index is 12.4. The maximum absolute atomic E-state index is 12.4. The molecule has 6 heteroatoms. The molecule has 0 aliphatic carbocycles. The van der Waals surface area contributed by atoms with Crippen molar-refractivity contribution in [1.82, 2.24) is 9.88 Å². The van der Waals surface area contributed by atoms with E-state index in [1.807, 2.05) is 12.1 Å². The van der Waals surface area contributed by atoms with Gasteiger partial charge in [0.25, 0.3) is 0 Å². The van der Waals surface area contributed by atoms with Crippen LogP contribution in [0.3, 0.4) is 0 Å². The third-order valence-corrected chi connectivity index (χ3v) is 3.61. The molecule has 1 aliphatic rings. The van der Waals surface area contributed by atoms with Gasteiger partial charge in [-0.3, -0.25) is 4.98 Å². The van der Waals surface area contributed by atoms with Crippen molar-refractivity contribution in [1.29, 1.82) is 0 Å². The Bertz CT molecular complexity index is 665. The maximum Gasteiger partial charge on any atom is 0.322 e. The fraction of sp³-hybridized carbons (Fsp3) is 0.200. The lowest BCUT2D eigenvalue weighted by molar-refractivity contribution is 0.212. The molecule has 0 fully saturated rings. The molecule has 0 radical (unpaired) electrons. The van der Waals surface area contributed by atoms with E-state index in [0.29, 0.717) is 29.5 Å². The highest BCUT2D eigenvalue weighted by atomic mass is 35.5. The SMILES string of the molecule is COc1ccc(Cl)cc1NC(=O)N1Cc2cccnc2C1. The number of anilines is 1. The summed E-state index contributed by atoms with van der Waals surface area (Å²) in [6.45, 7) is 1.06. The van der Waals surface area contributed by atoms with Crippen molar-refractivity contribution < 1.29 is 9.53 Å². The Labute approximate surface area is 127 Å². The molecule has 1 N–H and O–H groups in total. The predicted molar refractivity (Wildman–Crippen MR) is 80.5 cm³/mol. The van der Waals surface area contributed by atoms with Crippen molar-refractivity contribution in [3.63, 3.8) is 0 Å². The Hall–Kier alpha value is -2.27. The molecule has 2 amide bonds. The standard InChI is InChI=1S/C15H14ClN3O2/c1-21-14-5-4-11(16)7-12(14)18-15(20)19-8-10-3-2-6-17-13(10)9-19/h2-7H,8-9H2,1H3,(H,18,20). The predicted octanol–water partition coefficient (Wildman–Crippen LogP) is 3.29. The van der Waals surface area contributed by atoms with E-state index in [2.05, 4.69) is 10.3 Å². The fourth-order valence-corrected chi connectivity index (χ4v) is 2.49. The number of ether oxygens (including phenoxy) is 1. The number of nitrogens with zero attached hydrogens (tertiary/aromatic N) is 2. The number of nitrogens with one attached hydrogen (secondary N) is 1. The number of benzene rings is 1. The molecule has 108 valence electrons. The normalized spacial score (nSPS) is 13.0. The van der Waals surface area contributed by atoms with E-state index in [-0.39, 0.29) is 6.03 Å². The van der Waals surface area contributed by atoms with E-state index >= 15 is 0 Å². The van der Waals surface area contributed by atoms with Gasteiger partial charge >= 0.3 is 6.03 Å². The molecule has 5 nitrogen and oxygen atoms in total. The van der Waals surface area contributed by atoms with Crippen molar-refractivity contribution >= 4 is 23.3 Å². The third kappa shape index (κ3) is 2.78. The average Bonchev–Trinajstić information content (AvgIpc) is 2.91. The van der Waals surface area contributed by atoms with Gasteiger partial charge in [-0.25, -0.2) is 4.79 Å². The zero-order valence-corrected chi connectivity index (χ0v) is 12.2. The number of hydrogen-bond acceptors (Lipinski definition) is 3. The van der Waals surface area contributed by atoms with E-state index in [1.165, 1.54) is 0 Å². The second-order valence-electron chi connectivity index (χ2n) is 4.74. The average molecular weight is 304 g/mol.